The Morgan fingerprint density at radius 1 is 0.850 bits per heavy atom. The highest BCUT2D eigenvalue weighted by molar-refractivity contribution is 6.43. The number of hydrogen-bond acceptors (Lipinski definition) is 1. The molecule has 2 aromatic rings. The average molecular weight is 308 g/mol. The maximum Gasteiger partial charge on any atom is 0.0823 e. The molecule has 3 heteroatoms. The third-order valence-electron chi connectivity index (χ3n) is 3.43. The second kappa shape index (κ2) is 6.51. The first-order valence-electron chi connectivity index (χ1n) is 6.79. The zero-order valence-electron chi connectivity index (χ0n) is 12.0. The summed E-state index contributed by atoms with van der Waals surface area (Å²) >= 11 is 12.2. The predicted molar refractivity (Wildman–Crippen MR) is 89.0 cm³/mol. The van der Waals surface area contributed by atoms with E-state index in [4.69, 9.17) is 23.2 Å². The molecular weight excluding hydrogens is 289 g/mol. The summed E-state index contributed by atoms with van der Waals surface area (Å²) in [6.45, 7) is 6.51. The smallest absolute Gasteiger partial charge is 0.0823 e. The van der Waals surface area contributed by atoms with Crippen LogP contribution in [0.2, 0.25) is 10.0 Å². The molecule has 0 amide bonds. The Morgan fingerprint density at radius 3 is 2.05 bits per heavy atom. The van der Waals surface area contributed by atoms with Crippen molar-refractivity contribution in [2.75, 3.05) is 5.32 Å². The van der Waals surface area contributed by atoms with Gasteiger partial charge in [0.2, 0.25) is 0 Å². The van der Waals surface area contributed by atoms with E-state index in [2.05, 4.69) is 50.4 Å². The number of hydrogen-bond donors (Lipinski definition) is 1. The van der Waals surface area contributed by atoms with Gasteiger partial charge in [-0.2, -0.15) is 0 Å². The summed E-state index contributed by atoms with van der Waals surface area (Å²) in [6.07, 6.45) is 0. The summed E-state index contributed by atoms with van der Waals surface area (Å²) in [4.78, 5) is 0. The molecule has 0 saturated carbocycles. The van der Waals surface area contributed by atoms with Crippen molar-refractivity contribution in [3.63, 3.8) is 0 Å². The van der Waals surface area contributed by atoms with Gasteiger partial charge in [0.1, 0.15) is 0 Å². The van der Waals surface area contributed by atoms with Crippen LogP contribution in [-0.4, -0.2) is 0 Å². The van der Waals surface area contributed by atoms with E-state index >= 15 is 0 Å². The van der Waals surface area contributed by atoms with Crippen molar-refractivity contribution in [1.82, 2.24) is 0 Å². The lowest BCUT2D eigenvalue weighted by atomic mass is 9.99. The standard InChI is InChI=1S/C17H19Cl2N/c1-11(2)13-7-9-14(10-8-13)12(3)20-16-6-4-5-15(18)17(16)19/h4-12,20H,1-3H3. The Bertz CT molecular complexity index is 576. The van der Waals surface area contributed by atoms with Crippen molar-refractivity contribution in [2.24, 2.45) is 0 Å². The molecule has 0 heterocycles. The zero-order valence-corrected chi connectivity index (χ0v) is 13.5. The Labute approximate surface area is 130 Å². The molecule has 1 atom stereocenters. The van der Waals surface area contributed by atoms with Crippen molar-refractivity contribution in [2.45, 2.75) is 32.7 Å². The third kappa shape index (κ3) is 3.47. The summed E-state index contributed by atoms with van der Waals surface area (Å²) in [5.41, 5.74) is 3.44. The van der Waals surface area contributed by atoms with Crippen LogP contribution >= 0.6 is 23.2 Å². The van der Waals surface area contributed by atoms with Crippen LogP contribution in [0.15, 0.2) is 42.5 Å². The highest BCUT2D eigenvalue weighted by Gasteiger charge is 2.10. The van der Waals surface area contributed by atoms with Gasteiger partial charge in [-0.1, -0.05) is 67.4 Å². The van der Waals surface area contributed by atoms with Crippen molar-refractivity contribution in [3.05, 3.63) is 63.6 Å². The molecule has 0 spiro atoms. The summed E-state index contributed by atoms with van der Waals surface area (Å²) in [7, 11) is 0. The van der Waals surface area contributed by atoms with E-state index < -0.39 is 0 Å². The van der Waals surface area contributed by atoms with E-state index in [-0.39, 0.29) is 6.04 Å². The van der Waals surface area contributed by atoms with Crippen LogP contribution in [0.4, 0.5) is 5.69 Å². The highest BCUT2D eigenvalue weighted by atomic mass is 35.5. The van der Waals surface area contributed by atoms with Crippen LogP contribution in [0.3, 0.4) is 0 Å². The van der Waals surface area contributed by atoms with Gasteiger partial charge in [0.05, 0.1) is 15.7 Å². The first-order valence-corrected chi connectivity index (χ1v) is 7.55. The lowest BCUT2D eigenvalue weighted by Gasteiger charge is -2.18. The molecule has 20 heavy (non-hydrogen) atoms. The molecule has 2 aromatic carbocycles. The topological polar surface area (TPSA) is 12.0 Å². The fourth-order valence-corrected chi connectivity index (χ4v) is 2.46. The van der Waals surface area contributed by atoms with E-state index in [1.165, 1.54) is 11.1 Å². The van der Waals surface area contributed by atoms with Crippen LogP contribution in [0.25, 0.3) is 0 Å². The number of benzene rings is 2. The summed E-state index contributed by atoms with van der Waals surface area (Å²) < 4.78 is 0. The van der Waals surface area contributed by atoms with Crippen molar-refractivity contribution >= 4 is 28.9 Å². The molecular formula is C17H19Cl2N. The maximum absolute atomic E-state index is 6.20. The SMILES string of the molecule is CC(C)c1ccc(C(C)Nc2cccc(Cl)c2Cl)cc1. The summed E-state index contributed by atoms with van der Waals surface area (Å²) in [5, 5.41) is 4.54. The third-order valence-corrected chi connectivity index (χ3v) is 4.25. The summed E-state index contributed by atoms with van der Waals surface area (Å²) in [6, 6.07) is 14.5. The minimum atomic E-state index is 0.173. The van der Waals surface area contributed by atoms with Gasteiger partial charge in [-0.05, 0) is 36.1 Å². The van der Waals surface area contributed by atoms with Gasteiger partial charge in [0, 0.05) is 6.04 Å². The Hall–Kier alpha value is -1.18. The van der Waals surface area contributed by atoms with E-state index in [9.17, 15) is 0 Å². The van der Waals surface area contributed by atoms with Crippen molar-refractivity contribution < 1.29 is 0 Å². The molecule has 0 radical (unpaired) electrons. The van der Waals surface area contributed by atoms with Crippen molar-refractivity contribution in [1.29, 1.82) is 0 Å². The second-order valence-corrected chi connectivity index (χ2v) is 6.07. The molecule has 0 aliphatic rings. The van der Waals surface area contributed by atoms with Crippen molar-refractivity contribution in [3.8, 4) is 0 Å². The normalized spacial score (nSPS) is 12.5. The molecule has 1 nitrogen and oxygen atoms in total. The van der Waals surface area contributed by atoms with Crippen LogP contribution in [0.5, 0.6) is 0 Å². The minimum Gasteiger partial charge on any atom is -0.377 e. The Kier molecular flexibility index (Phi) is 4.95. The van der Waals surface area contributed by atoms with Crippen LogP contribution in [0, 0.1) is 0 Å². The van der Waals surface area contributed by atoms with E-state index in [0.717, 1.165) is 5.69 Å². The van der Waals surface area contributed by atoms with Gasteiger partial charge >= 0.3 is 0 Å². The summed E-state index contributed by atoms with van der Waals surface area (Å²) in [5.74, 6) is 0.551. The fourth-order valence-electron chi connectivity index (χ4n) is 2.10. The number of anilines is 1. The number of halogens is 2. The van der Waals surface area contributed by atoms with Crippen LogP contribution in [0.1, 0.15) is 43.9 Å². The number of nitrogens with one attached hydrogen (secondary N) is 1. The Balaban J connectivity index is 2.15. The first kappa shape index (κ1) is 15.2. The van der Waals surface area contributed by atoms with Crippen LogP contribution < -0.4 is 5.32 Å². The fraction of sp³-hybridized carbons (Fsp3) is 0.294. The molecule has 0 fully saturated rings. The lowest BCUT2D eigenvalue weighted by molar-refractivity contribution is 0.852. The minimum absolute atomic E-state index is 0.173. The molecule has 1 N–H and O–H groups in total. The zero-order chi connectivity index (χ0) is 14.7. The van der Waals surface area contributed by atoms with Gasteiger partial charge in [-0.3, -0.25) is 0 Å². The van der Waals surface area contributed by atoms with Gasteiger partial charge in [-0.15, -0.1) is 0 Å². The van der Waals surface area contributed by atoms with E-state index in [0.29, 0.717) is 16.0 Å². The second-order valence-electron chi connectivity index (χ2n) is 5.29. The van der Waals surface area contributed by atoms with Gasteiger partial charge in [0.15, 0.2) is 0 Å². The van der Waals surface area contributed by atoms with Gasteiger partial charge < -0.3 is 5.32 Å². The lowest BCUT2D eigenvalue weighted by Crippen LogP contribution is -2.07. The first-order chi connectivity index (χ1) is 9.49. The molecule has 0 aliphatic heterocycles. The predicted octanol–water partition coefficient (Wildman–Crippen LogP) is 6.29. The number of rotatable bonds is 4. The molecule has 106 valence electrons. The average Bonchev–Trinajstić information content (AvgIpc) is 2.44. The molecule has 0 saturated heterocycles. The monoisotopic (exact) mass is 307 g/mol. The van der Waals surface area contributed by atoms with Crippen LogP contribution in [-0.2, 0) is 0 Å². The Morgan fingerprint density at radius 2 is 1.45 bits per heavy atom. The molecule has 0 aliphatic carbocycles. The van der Waals surface area contributed by atoms with E-state index in [1.54, 1.807) is 6.07 Å². The quantitative estimate of drug-likeness (QED) is 0.700. The molecule has 1 unspecified atom stereocenters. The van der Waals surface area contributed by atoms with E-state index in [1.807, 2.05) is 12.1 Å². The van der Waals surface area contributed by atoms with Gasteiger partial charge in [-0.25, -0.2) is 0 Å². The highest BCUT2D eigenvalue weighted by Crippen LogP contribution is 2.32. The molecule has 0 bridgehead atoms. The molecule has 2 rings (SSSR count). The van der Waals surface area contributed by atoms with Gasteiger partial charge in [0.25, 0.3) is 0 Å². The molecule has 0 aromatic heterocycles. The maximum atomic E-state index is 6.20. The largest absolute Gasteiger partial charge is 0.377 e.